The van der Waals surface area contributed by atoms with Crippen molar-refractivity contribution >= 4 is 5.69 Å². The molecule has 0 spiro atoms. The molecule has 1 N–H and O–H groups in total. The van der Waals surface area contributed by atoms with Crippen molar-refractivity contribution in [3.05, 3.63) is 24.3 Å². The van der Waals surface area contributed by atoms with Gasteiger partial charge in [-0.2, -0.15) is 8.78 Å². The van der Waals surface area contributed by atoms with E-state index in [0.29, 0.717) is 12.2 Å². The molecule has 0 heterocycles. The highest BCUT2D eigenvalue weighted by Gasteiger charge is 2.06. The molecule has 0 aliphatic carbocycles. The van der Waals surface area contributed by atoms with Crippen molar-refractivity contribution in [2.45, 2.75) is 12.9 Å². The van der Waals surface area contributed by atoms with E-state index in [0.717, 1.165) is 0 Å². The second-order valence-corrected chi connectivity index (χ2v) is 3.19. The zero-order valence-electron chi connectivity index (χ0n) is 9.65. The second-order valence-electron chi connectivity index (χ2n) is 3.19. The third kappa shape index (κ3) is 4.97. The first-order chi connectivity index (χ1) is 8.15. The quantitative estimate of drug-likeness (QED) is 0.750. The Bertz CT molecular complexity index is 332. The van der Waals surface area contributed by atoms with Crippen LogP contribution in [0.15, 0.2) is 24.3 Å². The highest BCUT2D eigenvalue weighted by Crippen LogP contribution is 2.19. The SMILES string of the molecule is COC(CNc1cccc(OC(F)F)c1)OC. The van der Waals surface area contributed by atoms with E-state index in [2.05, 4.69) is 10.1 Å². The summed E-state index contributed by atoms with van der Waals surface area (Å²) in [5, 5.41) is 2.99. The van der Waals surface area contributed by atoms with E-state index < -0.39 is 12.9 Å². The minimum absolute atomic E-state index is 0.108. The van der Waals surface area contributed by atoms with Gasteiger partial charge in [0.1, 0.15) is 5.75 Å². The summed E-state index contributed by atoms with van der Waals surface area (Å²) in [6.45, 7) is -2.42. The molecule has 1 rings (SSSR count). The molecule has 0 atom stereocenters. The van der Waals surface area contributed by atoms with Crippen LogP contribution in [-0.4, -0.2) is 33.7 Å². The van der Waals surface area contributed by atoms with Crippen molar-refractivity contribution in [1.82, 2.24) is 0 Å². The fourth-order valence-corrected chi connectivity index (χ4v) is 1.25. The molecular weight excluding hydrogens is 232 g/mol. The topological polar surface area (TPSA) is 39.7 Å². The summed E-state index contributed by atoms with van der Waals surface area (Å²) in [7, 11) is 3.04. The summed E-state index contributed by atoms with van der Waals surface area (Å²) in [5.74, 6) is 0.108. The van der Waals surface area contributed by atoms with Gasteiger partial charge in [-0.25, -0.2) is 0 Å². The molecule has 0 saturated carbocycles. The summed E-state index contributed by atoms with van der Waals surface area (Å²) >= 11 is 0. The Labute approximate surface area is 98.5 Å². The number of halogens is 2. The molecule has 1 aromatic rings. The largest absolute Gasteiger partial charge is 0.435 e. The van der Waals surface area contributed by atoms with E-state index in [9.17, 15) is 8.78 Å². The smallest absolute Gasteiger partial charge is 0.387 e. The summed E-state index contributed by atoms with van der Waals surface area (Å²) in [5.41, 5.74) is 0.655. The van der Waals surface area contributed by atoms with Crippen LogP contribution in [0, 0.1) is 0 Å². The number of anilines is 1. The Balaban J connectivity index is 2.53. The lowest BCUT2D eigenvalue weighted by atomic mass is 10.3. The van der Waals surface area contributed by atoms with E-state index in [1.54, 1.807) is 12.1 Å². The monoisotopic (exact) mass is 247 g/mol. The average Bonchev–Trinajstić information content (AvgIpc) is 2.30. The van der Waals surface area contributed by atoms with Crippen LogP contribution in [0.2, 0.25) is 0 Å². The first-order valence-electron chi connectivity index (χ1n) is 5.00. The molecular formula is C11H15F2NO3. The van der Waals surface area contributed by atoms with Crippen LogP contribution in [0.3, 0.4) is 0 Å². The van der Waals surface area contributed by atoms with Crippen molar-refractivity contribution in [3.63, 3.8) is 0 Å². The molecule has 1 aromatic carbocycles. The van der Waals surface area contributed by atoms with Crippen LogP contribution in [-0.2, 0) is 9.47 Å². The first-order valence-corrected chi connectivity index (χ1v) is 5.00. The Morgan fingerprint density at radius 2 is 1.94 bits per heavy atom. The Hall–Kier alpha value is -1.40. The van der Waals surface area contributed by atoms with Crippen molar-refractivity contribution in [2.24, 2.45) is 0 Å². The Morgan fingerprint density at radius 3 is 2.53 bits per heavy atom. The number of hydrogen-bond acceptors (Lipinski definition) is 4. The summed E-state index contributed by atoms with van der Waals surface area (Å²) in [6.07, 6.45) is -0.394. The molecule has 0 unspecified atom stereocenters. The Morgan fingerprint density at radius 1 is 1.24 bits per heavy atom. The molecule has 6 heteroatoms. The van der Waals surface area contributed by atoms with Gasteiger partial charge in [-0.05, 0) is 12.1 Å². The number of benzene rings is 1. The highest BCUT2D eigenvalue weighted by molar-refractivity contribution is 5.48. The van der Waals surface area contributed by atoms with Crippen LogP contribution in [0.25, 0.3) is 0 Å². The van der Waals surface area contributed by atoms with Gasteiger partial charge in [0, 0.05) is 26.0 Å². The van der Waals surface area contributed by atoms with Gasteiger partial charge >= 0.3 is 6.61 Å². The molecule has 0 radical (unpaired) electrons. The van der Waals surface area contributed by atoms with Gasteiger partial charge in [-0.1, -0.05) is 6.07 Å². The van der Waals surface area contributed by atoms with Gasteiger partial charge < -0.3 is 19.5 Å². The van der Waals surface area contributed by atoms with E-state index >= 15 is 0 Å². The van der Waals surface area contributed by atoms with E-state index in [1.165, 1.54) is 26.4 Å². The molecule has 4 nitrogen and oxygen atoms in total. The molecule has 0 aliphatic heterocycles. The standard InChI is InChI=1S/C11H15F2NO3/c1-15-10(16-2)7-14-8-4-3-5-9(6-8)17-11(12)13/h3-6,10-11,14H,7H2,1-2H3. The predicted molar refractivity (Wildman–Crippen MR) is 59.4 cm³/mol. The third-order valence-electron chi connectivity index (χ3n) is 2.06. The lowest BCUT2D eigenvalue weighted by molar-refractivity contribution is -0.0914. The van der Waals surface area contributed by atoms with Crippen LogP contribution in [0.4, 0.5) is 14.5 Å². The number of nitrogens with one attached hydrogen (secondary N) is 1. The molecule has 0 aromatic heterocycles. The predicted octanol–water partition coefficient (Wildman–Crippen LogP) is 2.32. The maximum Gasteiger partial charge on any atom is 0.387 e. The minimum atomic E-state index is -2.82. The van der Waals surface area contributed by atoms with Crippen molar-refractivity contribution < 1.29 is 23.0 Å². The van der Waals surface area contributed by atoms with Gasteiger partial charge in [0.05, 0.1) is 6.54 Å². The van der Waals surface area contributed by atoms with Crippen LogP contribution in [0.1, 0.15) is 0 Å². The number of rotatable bonds is 7. The van der Waals surface area contributed by atoms with Crippen LogP contribution >= 0.6 is 0 Å². The van der Waals surface area contributed by atoms with Gasteiger partial charge in [0.15, 0.2) is 6.29 Å². The van der Waals surface area contributed by atoms with Crippen LogP contribution < -0.4 is 10.1 Å². The van der Waals surface area contributed by atoms with Crippen molar-refractivity contribution in [3.8, 4) is 5.75 Å². The molecule has 0 amide bonds. The summed E-state index contributed by atoms with van der Waals surface area (Å²) < 4.78 is 38.2. The second kappa shape index (κ2) is 7.03. The maximum absolute atomic E-state index is 12.0. The van der Waals surface area contributed by atoms with E-state index in [1.807, 2.05) is 0 Å². The fraction of sp³-hybridized carbons (Fsp3) is 0.455. The van der Waals surface area contributed by atoms with Crippen molar-refractivity contribution in [1.29, 1.82) is 0 Å². The van der Waals surface area contributed by atoms with Gasteiger partial charge in [0.25, 0.3) is 0 Å². The lowest BCUT2D eigenvalue weighted by Crippen LogP contribution is -2.23. The minimum Gasteiger partial charge on any atom is -0.435 e. The van der Waals surface area contributed by atoms with Gasteiger partial charge in [0.2, 0.25) is 0 Å². The normalized spacial score (nSPS) is 10.9. The molecule has 17 heavy (non-hydrogen) atoms. The number of alkyl halides is 2. The van der Waals surface area contributed by atoms with Crippen LogP contribution in [0.5, 0.6) is 5.75 Å². The summed E-state index contributed by atoms with van der Waals surface area (Å²) in [6, 6.07) is 6.30. The zero-order chi connectivity index (χ0) is 12.7. The van der Waals surface area contributed by atoms with Crippen molar-refractivity contribution in [2.75, 3.05) is 26.1 Å². The summed E-state index contributed by atoms with van der Waals surface area (Å²) in [4.78, 5) is 0. The number of ether oxygens (including phenoxy) is 3. The van der Waals surface area contributed by atoms with Gasteiger partial charge in [-0.15, -0.1) is 0 Å². The fourth-order valence-electron chi connectivity index (χ4n) is 1.25. The zero-order valence-corrected chi connectivity index (χ0v) is 9.65. The molecule has 0 aliphatic rings. The molecule has 96 valence electrons. The molecule has 0 fully saturated rings. The Kier molecular flexibility index (Phi) is 5.65. The highest BCUT2D eigenvalue weighted by atomic mass is 19.3. The number of methoxy groups -OCH3 is 2. The maximum atomic E-state index is 12.0. The number of hydrogen-bond donors (Lipinski definition) is 1. The average molecular weight is 247 g/mol. The lowest BCUT2D eigenvalue weighted by Gasteiger charge is -2.15. The molecule has 0 bridgehead atoms. The molecule has 0 saturated heterocycles. The van der Waals surface area contributed by atoms with Gasteiger partial charge in [-0.3, -0.25) is 0 Å². The third-order valence-corrected chi connectivity index (χ3v) is 2.06. The first kappa shape index (κ1) is 13.7. The van der Waals surface area contributed by atoms with E-state index in [4.69, 9.17) is 9.47 Å². The van der Waals surface area contributed by atoms with E-state index in [-0.39, 0.29) is 5.75 Å².